The highest BCUT2D eigenvalue weighted by molar-refractivity contribution is 7.20. The number of hydrogen-bond donors (Lipinski definition) is 1. The fourth-order valence-electron chi connectivity index (χ4n) is 2.77. The molecule has 4 heteroatoms. The highest BCUT2D eigenvalue weighted by Gasteiger charge is 2.19. The molecule has 2 aromatic rings. The van der Waals surface area contributed by atoms with Crippen molar-refractivity contribution in [3.8, 4) is 0 Å². The van der Waals surface area contributed by atoms with Crippen molar-refractivity contribution >= 4 is 27.3 Å². The standard InChI is InChI=1S/C15H18N2OS/c1-17-6-4-10(5-7-17)11-2-3-12-9-14(15(16)18)19-13(12)8-11/h2-3,8-10H,4-7H2,1H3,(H2,16,18). The molecule has 1 fully saturated rings. The Hall–Kier alpha value is -1.39. The predicted molar refractivity (Wildman–Crippen MR) is 79.8 cm³/mol. The maximum absolute atomic E-state index is 11.2. The third kappa shape index (κ3) is 2.51. The van der Waals surface area contributed by atoms with Crippen LogP contribution < -0.4 is 5.73 Å². The van der Waals surface area contributed by atoms with Crippen molar-refractivity contribution in [1.29, 1.82) is 0 Å². The van der Waals surface area contributed by atoms with Crippen LogP contribution in [-0.2, 0) is 0 Å². The molecule has 1 aliphatic heterocycles. The molecule has 3 nitrogen and oxygen atoms in total. The van der Waals surface area contributed by atoms with Crippen molar-refractivity contribution in [2.24, 2.45) is 5.73 Å². The minimum atomic E-state index is -0.331. The number of carbonyl (C=O) groups is 1. The molecular weight excluding hydrogens is 256 g/mol. The summed E-state index contributed by atoms with van der Waals surface area (Å²) in [5, 5.41) is 1.12. The van der Waals surface area contributed by atoms with Gasteiger partial charge in [0, 0.05) is 4.70 Å². The molecule has 0 radical (unpaired) electrons. The number of thiophene rings is 1. The second-order valence-corrected chi connectivity index (χ2v) is 6.43. The van der Waals surface area contributed by atoms with Crippen LogP contribution >= 0.6 is 11.3 Å². The molecule has 100 valence electrons. The lowest BCUT2D eigenvalue weighted by molar-refractivity contribution is 0.100. The van der Waals surface area contributed by atoms with Crippen molar-refractivity contribution in [2.45, 2.75) is 18.8 Å². The van der Waals surface area contributed by atoms with E-state index in [9.17, 15) is 4.79 Å². The minimum absolute atomic E-state index is 0.331. The molecule has 2 heterocycles. The number of rotatable bonds is 2. The zero-order chi connectivity index (χ0) is 13.4. The van der Waals surface area contributed by atoms with Gasteiger partial charge in [0.1, 0.15) is 0 Å². The van der Waals surface area contributed by atoms with E-state index in [4.69, 9.17) is 5.73 Å². The van der Waals surface area contributed by atoms with Crippen molar-refractivity contribution in [1.82, 2.24) is 4.90 Å². The van der Waals surface area contributed by atoms with Crippen molar-refractivity contribution in [3.05, 3.63) is 34.7 Å². The zero-order valence-corrected chi connectivity index (χ0v) is 11.9. The Bertz CT molecular complexity index is 612. The normalized spacial score (nSPS) is 17.9. The molecule has 0 unspecified atom stereocenters. The van der Waals surface area contributed by atoms with E-state index in [0.29, 0.717) is 10.8 Å². The summed E-state index contributed by atoms with van der Waals surface area (Å²) < 4.78 is 1.17. The molecule has 2 N–H and O–H groups in total. The lowest BCUT2D eigenvalue weighted by Gasteiger charge is -2.29. The Balaban J connectivity index is 1.90. The first-order chi connectivity index (χ1) is 9.13. The highest BCUT2D eigenvalue weighted by atomic mass is 32.1. The minimum Gasteiger partial charge on any atom is -0.365 e. The number of amides is 1. The van der Waals surface area contributed by atoms with Crippen LogP contribution in [0.5, 0.6) is 0 Å². The molecule has 19 heavy (non-hydrogen) atoms. The van der Waals surface area contributed by atoms with E-state index in [2.05, 4.69) is 30.1 Å². The fourth-order valence-corrected chi connectivity index (χ4v) is 3.73. The highest BCUT2D eigenvalue weighted by Crippen LogP contribution is 2.32. The third-order valence-electron chi connectivity index (χ3n) is 3.98. The van der Waals surface area contributed by atoms with E-state index >= 15 is 0 Å². The summed E-state index contributed by atoms with van der Waals surface area (Å²) in [7, 11) is 2.18. The maximum Gasteiger partial charge on any atom is 0.258 e. The maximum atomic E-state index is 11.2. The number of fused-ring (bicyclic) bond motifs is 1. The van der Waals surface area contributed by atoms with E-state index in [1.165, 1.54) is 47.5 Å². The third-order valence-corrected chi connectivity index (χ3v) is 5.09. The molecule has 0 saturated carbocycles. The SMILES string of the molecule is CN1CCC(c2ccc3cc(C(N)=O)sc3c2)CC1. The van der Waals surface area contributed by atoms with E-state index < -0.39 is 0 Å². The van der Waals surface area contributed by atoms with Crippen molar-refractivity contribution in [3.63, 3.8) is 0 Å². The molecule has 0 atom stereocenters. The molecule has 0 aliphatic carbocycles. The van der Waals surface area contributed by atoms with Crippen molar-refractivity contribution in [2.75, 3.05) is 20.1 Å². The molecule has 1 saturated heterocycles. The first-order valence-electron chi connectivity index (χ1n) is 6.65. The molecule has 1 amide bonds. The number of carbonyl (C=O) groups excluding carboxylic acids is 1. The fraction of sp³-hybridized carbons (Fsp3) is 0.400. The van der Waals surface area contributed by atoms with Gasteiger partial charge < -0.3 is 10.6 Å². The quantitative estimate of drug-likeness (QED) is 0.915. The van der Waals surface area contributed by atoms with Crippen LogP contribution in [0.1, 0.15) is 34.0 Å². The van der Waals surface area contributed by atoms with Crippen LogP contribution in [0, 0.1) is 0 Å². The number of likely N-dealkylation sites (tertiary alicyclic amines) is 1. The summed E-state index contributed by atoms with van der Waals surface area (Å²) in [6.07, 6.45) is 2.44. The summed E-state index contributed by atoms with van der Waals surface area (Å²) in [5.41, 5.74) is 6.74. The van der Waals surface area contributed by atoms with Crippen LogP contribution in [0.25, 0.3) is 10.1 Å². The molecule has 1 aromatic carbocycles. The molecule has 3 rings (SSSR count). The molecule has 1 aliphatic rings. The van der Waals surface area contributed by atoms with Gasteiger partial charge in [-0.2, -0.15) is 0 Å². The Kier molecular flexibility index (Phi) is 3.29. The van der Waals surface area contributed by atoms with Gasteiger partial charge in [-0.3, -0.25) is 4.79 Å². The van der Waals surface area contributed by atoms with E-state index in [-0.39, 0.29) is 5.91 Å². The Labute approximate surface area is 117 Å². The van der Waals surface area contributed by atoms with Crippen LogP contribution in [-0.4, -0.2) is 30.9 Å². The lowest BCUT2D eigenvalue weighted by Crippen LogP contribution is -2.29. The Morgan fingerprint density at radius 1 is 1.32 bits per heavy atom. The summed E-state index contributed by atoms with van der Waals surface area (Å²) in [4.78, 5) is 14.2. The number of primary amides is 1. The molecular formula is C15H18N2OS. The number of nitrogens with two attached hydrogens (primary N) is 1. The van der Waals surface area contributed by atoms with Crippen LogP contribution in [0.15, 0.2) is 24.3 Å². The van der Waals surface area contributed by atoms with Gasteiger partial charge in [-0.15, -0.1) is 11.3 Å². The second kappa shape index (κ2) is 4.94. The topological polar surface area (TPSA) is 46.3 Å². The van der Waals surface area contributed by atoms with E-state index in [1.54, 1.807) is 0 Å². The summed E-state index contributed by atoms with van der Waals surface area (Å²) >= 11 is 1.50. The predicted octanol–water partition coefficient (Wildman–Crippen LogP) is 2.81. The van der Waals surface area contributed by atoms with Crippen LogP contribution in [0.3, 0.4) is 0 Å². The Morgan fingerprint density at radius 3 is 2.74 bits per heavy atom. The summed E-state index contributed by atoms with van der Waals surface area (Å²) in [5.74, 6) is 0.321. The van der Waals surface area contributed by atoms with Gasteiger partial charge in [0.2, 0.25) is 0 Å². The number of hydrogen-bond acceptors (Lipinski definition) is 3. The number of piperidine rings is 1. The van der Waals surface area contributed by atoms with Gasteiger partial charge in [0.25, 0.3) is 5.91 Å². The van der Waals surface area contributed by atoms with Gasteiger partial charge in [0.05, 0.1) is 4.88 Å². The summed E-state index contributed by atoms with van der Waals surface area (Å²) in [6.45, 7) is 2.33. The molecule has 0 bridgehead atoms. The van der Waals surface area contributed by atoms with Gasteiger partial charge in [-0.25, -0.2) is 0 Å². The largest absolute Gasteiger partial charge is 0.365 e. The van der Waals surface area contributed by atoms with Gasteiger partial charge in [-0.05, 0) is 62.0 Å². The summed E-state index contributed by atoms with van der Waals surface area (Å²) in [6, 6.07) is 8.45. The first kappa shape index (κ1) is 12.6. The zero-order valence-electron chi connectivity index (χ0n) is 11.1. The van der Waals surface area contributed by atoms with Gasteiger partial charge >= 0.3 is 0 Å². The van der Waals surface area contributed by atoms with Crippen molar-refractivity contribution < 1.29 is 4.79 Å². The Morgan fingerprint density at radius 2 is 2.05 bits per heavy atom. The monoisotopic (exact) mass is 274 g/mol. The average Bonchev–Trinajstić information content (AvgIpc) is 2.82. The van der Waals surface area contributed by atoms with Gasteiger partial charge in [-0.1, -0.05) is 12.1 Å². The van der Waals surface area contributed by atoms with Crippen LogP contribution in [0.2, 0.25) is 0 Å². The molecule has 0 spiro atoms. The number of nitrogens with zero attached hydrogens (tertiary/aromatic N) is 1. The molecule has 1 aromatic heterocycles. The second-order valence-electron chi connectivity index (χ2n) is 5.35. The smallest absolute Gasteiger partial charge is 0.258 e. The van der Waals surface area contributed by atoms with E-state index in [1.807, 2.05) is 6.07 Å². The average molecular weight is 274 g/mol. The lowest BCUT2D eigenvalue weighted by atomic mass is 9.89. The first-order valence-corrected chi connectivity index (χ1v) is 7.47. The number of benzene rings is 1. The van der Waals surface area contributed by atoms with Crippen LogP contribution in [0.4, 0.5) is 0 Å². The van der Waals surface area contributed by atoms with Gasteiger partial charge in [0.15, 0.2) is 0 Å². The van der Waals surface area contributed by atoms with E-state index in [0.717, 1.165) is 5.39 Å².